The van der Waals surface area contributed by atoms with Gasteiger partial charge in [0.15, 0.2) is 0 Å². The second kappa shape index (κ2) is 7.00. The molecule has 21 heavy (non-hydrogen) atoms. The van der Waals surface area contributed by atoms with Crippen molar-refractivity contribution in [1.29, 1.82) is 0 Å². The van der Waals surface area contributed by atoms with E-state index in [4.69, 9.17) is 10.5 Å². The van der Waals surface area contributed by atoms with Gasteiger partial charge in [-0.2, -0.15) is 0 Å². The average molecular weight is 291 g/mol. The molecule has 5 heteroatoms. The van der Waals surface area contributed by atoms with Crippen LogP contribution in [0.1, 0.15) is 31.9 Å². The Morgan fingerprint density at radius 1 is 1.57 bits per heavy atom. The number of carbonyl (C=O) groups is 1. The van der Waals surface area contributed by atoms with E-state index in [9.17, 15) is 4.79 Å². The molecule has 0 radical (unpaired) electrons. The highest BCUT2D eigenvalue weighted by molar-refractivity contribution is 5.83. The van der Waals surface area contributed by atoms with Crippen LogP contribution in [0.4, 0.5) is 0 Å². The zero-order valence-electron chi connectivity index (χ0n) is 12.9. The fourth-order valence-corrected chi connectivity index (χ4v) is 2.96. The van der Waals surface area contributed by atoms with Gasteiger partial charge in [0.25, 0.3) is 0 Å². The van der Waals surface area contributed by atoms with Gasteiger partial charge in [0.1, 0.15) is 0 Å². The first-order valence-corrected chi connectivity index (χ1v) is 7.51. The van der Waals surface area contributed by atoms with Crippen molar-refractivity contribution in [3.63, 3.8) is 0 Å². The maximum absolute atomic E-state index is 13.0. The Morgan fingerprint density at radius 2 is 2.38 bits per heavy atom. The van der Waals surface area contributed by atoms with Crippen LogP contribution in [0, 0.1) is 5.41 Å². The fourth-order valence-electron chi connectivity index (χ4n) is 2.96. The minimum atomic E-state index is -0.456. The number of aromatic nitrogens is 1. The van der Waals surface area contributed by atoms with Gasteiger partial charge in [-0.3, -0.25) is 9.78 Å². The van der Waals surface area contributed by atoms with Crippen molar-refractivity contribution >= 4 is 5.91 Å². The van der Waals surface area contributed by atoms with Crippen molar-refractivity contribution < 1.29 is 9.53 Å². The van der Waals surface area contributed by atoms with E-state index in [2.05, 4.69) is 4.98 Å². The second-order valence-corrected chi connectivity index (χ2v) is 5.96. The third-order valence-electron chi connectivity index (χ3n) is 4.45. The first-order chi connectivity index (χ1) is 10.1. The molecule has 116 valence electrons. The molecule has 2 unspecified atom stereocenters. The number of nitrogens with two attached hydrogens (primary N) is 1. The summed E-state index contributed by atoms with van der Waals surface area (Å²) >= 11 is 0. The molecule has 2 atom stereocenters. The van der Waals surface area contributed by atoms with Crippen LogP contribution >= 0.6 is 0 Å². The van der Waals surface area contributed by atoms with Crippen LogP contribution < -0.4 is 5.73 Å². The quantitative estimate of drug-likeness (QED) is 0.864. The number of nitrogens with zero attached hydrogens (tertiary/aromatic N) is 2. The first-order valence-electron chi connectivity index (χ1n) is 7.51. The molecule has 2 rings (SSSR count). The number of rotatable bonds is 6. The van der Waals surface area contributed by atoms with Crippen LogP contribution in [0.2, 0.25) is 0 Å². The van der Waals surface area contributed by atoms with Crippen molar-refractivity contribution in [3.8, 4) is 0 Å². The molecule has 1 heterocycles. The van der Waals surface area contributed by atoms with E-state index >= 15 is 0 Å². The summed E-state index contributed by atoms with van der Waals surface area (Å²) in [6, 6.07) is 5.69. The molecule has 0 aromatic carbocycles. The lowest BCUT2D eigenvalue weighted by Crippen LogP contribution is -2.49. The molecule has 1 amide bonds. The summed E-state index contributed by atoms with van der Waals surface area (Å²) in [5, 5.41) is 0. The zero-order chi connectivity index (χ0) is 15.3. The van der Waals surface area contributed by atoms with Gasteiger partial charge in [0, 0.05) is 25.9 Å². The first kappa shape index (κ1) is 15.9. The van der Waals surface area contributed by atoms with Gasteiger partial charge < -0.3 is 15.4 Å². The number of hydrogen-bond donors (Lipinski definition) is 1. The second-order valence-electron chi connectivity index (χ2n) is 5.96. The largest absolute Gasteiger partial charge is 0.383 e. The summed E-state index contributed by atoms with van der Waals surface area (Å²) in [6.07, 6.45) is 4.55. The van der Waals surface area contributed by atoms with E-state index in [-0.39, 0.29) is 11.9 Å². The van der Waals surface area contributed by atoms with Gasteiger partial charge in [-0.1, -0.05) is 12.5 Å². The molecule has 0 spiro atoms. The monoisotopic (exact) mass is 291 g/mol. The number of carbonyl (C=O) groups excluding carboxylic acids is 1. The zero-order valence-corrected chi connectivity index (χ0v) is 12.9. The number of ether oxygens (including phenoxy) is 1. The minimum Gasteiger partial charge on any atom is -0.383 e. The van der Waals surface area contributed by atoms with Gasteiger partial charge >= 0.3 is 0 Å². The summed E-state index contributed by atoms with van der Waals surface area (Å²) in [6.45, 7) is 3.58. The summed E-state index contributed by atoms with van der Waals surface area (Å²) in [5.74, 6) is 0.121. The van der Waals surface area contributed by atoms with Crippen LogP contribution in [0.25, 0.3) is 0 Å². The van der Waals surface area contributed by atoms with Gasteiger partial charge in [-0.25, -0.2) is 0 Å². The molecule has 1 aliphatic carbocycles. The lowest BCUT2D eigenvalue weighted by atomic mass is 9.83. The van der Waals surface area contributed by atoms with Gasteiger partial charge in [-0.05, 0) is 31.9 Å². The van der Waals surface area contributed by atoms with E-state index in [1.807, 2.05) is 30.0 Å². The Bertz CT molecular complexity index is 466. The van der Waals surface area contributed by atoms with Gasteiger partial charge in [-0.15, -0.1) is 0 Å². The van der Waals surface area contributed by atoms with E-state index in [1.54, 1.807) is 13.3 Å². The van der Waals surface area contributed by atoms with Gasteiger partial charge in [0.05, 0.1) is 24.3 Å². The number of amides is 1. The van der Waals surface area contributed by atoms with Crippen LogP contribution in [-0.2, 0) is 16.1 Å². The van der Waals surface area contributed by atoms with Crippen molar-refractivity contribution in [2.24, 2.45) is 11.1 Å². The fraction of sp³-hybridized carbons (Fsp3) is 0.625. The van der Waals surface area contributed by atoms with E-state index in [1.165, 1.54) is 0 Å². The molecule has 0 saturated heterocycles. The molecule has 5 nitrogen and oxygen atoms in total. The molecule has 0 aliphatic heterocycles. The maximum atomic E-state index is 13.0. The molecule has 1 saturated carbocycles. The average Bonchev–Trinajstić information content (AvgIpc) is 2.84. The molecule has 0 bridgehead atoms. The summed E-state index contributed by atoms with van der Waals surface area (Å²) in [5.41, 5.74) is 6.61. The maximum Gasteiger partial charge on any atom is 0.230 e. The highest BCUT2D eigenvalue weighted by Crippen LogP contribution is 2.38. The third kappa shape index (κ3) is 3.60. The standard InChI is InChI=1S/C16H25N3O2/c1-16(8-5-7-14(16)17)15(20)19(10-11-21-2)12-13-6-3-4-9-18-13/h3-4,6,9,14H,5,7-8,10-12,17H2,1-2H3. The third-order valence-corrected chi connectivity index (χ3v) is 4.45. The number of methoxy groups -OCH3 is 1. The van der Waals surface area contributed by atoms with Crippen molar-refractivity contribution in [1.82, 2.24) is 9.88 Å². The summed E-state index contributed by atoms with van der Waals surface area (Å²) in [4.78, 5) is 19.1. The minimum absolute atomic E-state index is 0.0567. The highest BCUT2D eigenvalue weighted by Gasteiger charge is 2.45. The Morgan fingerprint density at radius 3 is 2.95 bits per heavy atom. The Balaban J connectivity index is 2.13. The van der Waals surface area contributed by atoms with Crippen molar-refractivity contribution in [2.45, 2.75) is 38.8 Å². The number of hydrogen-bond acceptors (Lipinski definition) is 4. The molecular weight excluding hydrogens is 266 g/mol. The lowest BCUT2D eigenvalue weighted by Gasteiger charge is -2.34. The summed E-state index contributed by atoms with van der Waals surface area (Å²) < 4.78 is 5.14. The van der Waals surface area contributed by atoms with Crippen LogP contribution in [0.3, 0.4) is 0 Å². The molecule has 1 fully saturated rings. The predicted molar refractivity (Wildman–Crippen MR) is 81.5 cm³/mol. The van der Waals surface area contributed by atoms with Crippen LogP contribution in [0.5, 0.6) is 0 Å². The van der Waals surface area contributed by atoms with E-state index in [0.717, 1.165) is 25.0 Å². The smallest absolute Gasteiger partial charge is 0.230 e. The molecule has 1 aromatic rings. The van der Waals surface area contributed by atoms with Crippen LogP contribution in [0.15, 0.2) is 24.4 Å². The van der Waals surface area contributed by atoms with Gasteiger partial charge in [0.2, 0.25) is 5.91 Å². The number of pyridine rings is 1. The highest BCUT2D eigenvalue weighted by atomic mass is 16.5. The summed E-state index contributed by atoms with van der Waals surface area (Å²) in [7, 11) is 1.65. The molecule has 1 aromatic heterocycles. The Hall–Kier alpha value is -1.46. The van der Waals surface area contributed by atoms with Crippen LogP contribution in [-0.4, -0.2) is 42.1 Å². The molecular formula is C16H25N3O2. The molecule has 1 aliphatic rings. The Kier molecular flexibility index (Phi) is 5.31. The van der Waals surface area contributed by atoms with E-state index in [0.29, 0.717) is 19.7 Å². The normalized spacial score (nSPS) is 25.0. The van der Waals surface area contributed by atoms with Crippen molar-refractivity contribution in [3.05, 3.63) is 30.1 Å². The van der Waals surface area contributed by atoms with E-state index < -0.39 is 5.41 Å². The molecule has 2 N–H and O–H groups in total. The Labute approximate surface area is 126 Å². The lowest BCUT2D eigenvalue weighted by molar-refractivity contribution is -0.143. The SMILES string of the molecule is COCCN(Cc1ccccn1)C(=O)C1(C)CCCC1N. The van der Waals surface area contributed by atoms with Crippen molar-refractivity contribution in [2.75, 3.05) is 20.3 Å². The predicted octanol–water partition coefficient (Wildman–Crippen LogP) is 1.57. The topological polar surface area (TPSA) is 68.5 Å².